The summed E-state index contributed by atoms with van der Waals surface area (Å²) in [6, 6.07) is 4.08. The predicted molar refractivity (Wildman–Crippen MR) is 78.0 cm³/mol. The topological polar surface area (TPSA) is 69.6 Å². The number of aliphatic hydroxyl groups is 1. The normalized spacial score (nSPS) is 18.1. The number of benzene rings is 1. The Balaban J connectivity index is 2.10. The lowest BCUT2D eigenvalue weighted by molar-refractivity contribution is 0.170. The lowest BCUT2D eigenvalue weighted by Crippen LogP contribution is -2.42. The van der Waals surface area contributed by atoms with Gasteiger partial charge in [0.05, 0.1) is 5.69 Å². The van der Waals surface area contributed by atoms with Gasteiger partial charge in [-0.15, -0.1) is 0 Å². The molecule has 1 aliphatic rings. The number of anilines is 1. The maximum absolute atomic E-state index is 13.6. The summed E-state index contributed by atoms with van der Waals surface area (Å²) in [7, 11) is -3.77. The largest absolute Gasteiger partial charge is 0.396 e. The Labute approximate surface area is 126 Å². The molecule has 0 aliphatic carbocycles. The van der Waals surface area contributed by atoms with E-state index in [1.54, 1.807) is 0 Å². The first kappa shape index (κ1) is 15.7. The molecule has 0 aromatic heterocycles. The fraction of sp³-hybridized carbons (Fsp3) is 0.500. The average Bonchev–Trinajstić information content (AvgIpc) is 2.43. The Bertz CT molecular complexity index is 574. The van der Waals surface area contributed by atoms with Crippen molar-refractivity contribution < 1.29 is 17.9 Å². The predicted octanol–water partition coefficient (Wildman–Crippen LogP) is 1.95. The van der Waals surface area contributed by atoms with Crippen LogP contribution >= 0.6 is 15.9 Å². The van der Waals surface area contributed by atoms with Crippen molar-refractivity contribution in [3.63, 3.8) is 0 Å². The molecule has 0 bridgehead atoms. The molecule has 1 saturated heterocycles. The van der Waals surface area contributed by atoms with E-state index >= 15 is 0 Å². The summed E-state index contributed by atoms with van der Waals surface area (Å²) >= 11 is 3.17. The van der Waals surface area contributed by atoms with Crippen molar-refractivity contribution in [2.45, 2.75) is 12.8 Å². The van der Waals surface area contributed by atoms with Crippen LogP contribution in [0.5, 0.6) is 0 Å². The van der Waals surface area contributed by atoms with E-state index in [-0.39, 0.29) is 18.2 Å². The highest BCUT2D eigenvalue weighted by molar-refractivity contribution is 9.10. The van der Waals surface area contributed by atoms with Crippen LogP contribution in [0.25, 0.3) is 0 Å². The monoisotopic (exact) mass is 366 g/mol. The molecular formula is C12H16BrFN2O3S. The van der Waals surface area contributed by atoms with E-state index in [0.717, 1.165) is 0 Å². The summed E-state index contributed by atoms with van der Waals surface area (Å²) in [4.78, 5) is 0. The third-order valence-electron chi connectivity index (χ3n) is 3.34. The van der Waals surface area contributed by atoms with E-state index in [1.807, 2.05) is 0 Å². The lowest BCUT2D eigenvalue weighted by atomic mass is 10.00. The van der Waals surface area contributed by atoms with Crippen LogP contribution in [-0.2, 0) is 10.2 Å². The molecule has 0 unspecified atom stereocenters. The molecule has 0 spiro atoms. The number of rotatable bonds is 4. The van der Waals surface area contributed by atoms with Crippen LogP contribution in [0.2, 0.25) is 0 Å². The summed E-state index contributed by atoms with van der Waals surface area (Å²) in [6.07, 6.45) is 1.22. The zero-order chi connectivity index (χ0) is 14.8. The van der Waals surface area contributed by atoms with E-state index in [9.17, 15) is 12.8 Å². The summed E-state index contributed by atoms with van der Waals surface area (Å²) in [5.41, 5.74) is -0.0799. The van der Waals surface area contributed by atoms with Gasteiger partial charge in [0.15, 0.2) is 0 Å². The minimum atomic E-state index is -3.77. The van der Waals surface area contributed by atoms with Crippen molar-refractivity contribution in [2.24, 2.45) is 5.92 Å². The minimum Gasteiger partial charge on any atom is -0.396 e. The van der Waals surface area contributed by atoms with Crippen LogP contribution in [0.3, 0.4) is 0 Å². The quantitative estimate of drug-likeness (QED) is 0.855. The van der Waals surface area contributed by atoms with Crippen molar-refractivity contribution in [1.29, 1.82) is 0 Å². The molecule has 1 aliphatic heterocycles. The first-order chi connectivity index (χ1) is 9.42. The van der Waals surface area contributed by atoms with E-state index in [1.165, 1.54) is 22.5 Å². The number of hydrogen-bond donors (Lipinski definition) is 2. The second-order valence-corrected chi connectivity index (χ2v) is 7.34. The van der Waals surface area contributed by atoms with E-state index in [0.29, 0.717) is 30.4 Å². The highest BCUT2D eigenvalue weighted by atomic mass is 79.9. The zero-order valence-electron chi connectivity index (χ0n) is 10.7. The highest BCUT2D eigenvalue weighted by Gasteiger charge is 2.28. The second kappa shape index (κ2) is 6.38. The highest BCUT2D eigenvalue weighted by Crippen LogP contribution is 2.24. The SMILES string of the molecule is O=S(=O)(Nc1cc(Br)ccc1F)N1CCC(CO)CC1. The Hall–Kier alpha value is -0.700. The third-order valence-corrected chi connectivity index (χ3v) is 5.36. The number of hydrogen-bond acceptors (Lipinski definition) is 3. The van der Waals surface area contributed by atoms with E-state index in [2.05, 4.69) is 20.7 Å². The maximum Gasteiger partial charge on any atom is 0.301 e. The summed E-state index contributed by atoms with van der Waals surface area (Å²) in [6.45, 7) is 0.730. The van der Waals surface area contributed by atoms with Gasteiger partial charge in [-0.05, 0) is 37.0 Å². The van der Waals surface area contributed by atoms with Crippen molar-refractivity contribution in [1.82, 2.24) is 4.31 Å². The summed E-state index contributed by atoms with van der Waals surface area (Å²) in [5.74, 6) is -0.480. The number of piperidine rings is 1. The molecule has 1 aromatic rings. The van der Waals surface area contributed by atoms with Crippen LogP contribution < -0.4 is 4.72 Å². The van der Waals surface area contributed by atoms with Crippen LogP contribution in [-0.4, -0.2) is 37.5 Å². The Kier molecular flexibility index (Phi) is 5.00. The molecule has 0 radical (unpaired) electrons. The van der Waals surface area contributed by atoms with Gasteiger partial charge in [0, 0.05) is 24.2 Å². The molecule has 5 nitrogen and oxygen atoms in total. The fourth-order valence-corrected chi connectivity index (χ4v) is 3.73. The molecule has 0 atom stereocenters. The molecular weight excluding hydrogens is 351 g/mol. The third kappa shape index (κ3) is 3.69. The number of halogens is 2. The molecule has 1 aromatic carbocycles. The van der Waals surface area contributed by atoms with Crippen molar-refractivity contribution in [2.75, 3.05) is 24.4 Å². The Morgan fingerprint density at radius 1 is 1.40 bits per heavy atom. The van der Waals surface area contributed by atoms with Gasteiger partial charge in [-0.25, -0.2) is 4.39 Å². The maximum atomic E-state index is 13.6. The molecule has 2 N–H and O–H groups in total. The second-order valence-electron chi connectivity index (χ2n) is 4.76. The molecule has 0 saturated carbocycles. The van der Waals surface area contributed by atoms with Crippen LogP contribution in [0, 0.1) is 11.7 Å². The van der Waals surface area contributed by atoms with E-state index < -0.39 is 16.0 Å². The molecule has 0 amide bonds. The molecule has 20 heavy (non-hydrogen) atoms. The van der Waals surface area contributed by atoms with Crippen LogP contribution in [0.15, 0.2) is 22.7 Å². The van der Waals surface area contributed by atoms with Crippen molar-refractivity contribution in [3.05, 3.63) is 28.5 Å². The molecule has 2 rings (SSSR count). The first-order valence-electron chi connectivity index (χ1n) is 6.26. The summed E-state index contributed by atoms with van der Waals surface area (Å²) in [5, 5.41) is 9.04. The Morgan fingerprint density at radius 2 is 2.05 bits per heavy atom. The van der Waals surface area contributed by atoms with Crippen LogP contribution in [0.1, 0.15) is 12.8 Å². The average molecular weight is 367 g/mol. The minimum absolute atomic E-state index is 0.0710. The van der Waals surface area contributed by atoms with Gasteiger partial charge in [-0.2, -0.15) is 12.7 Å². The van der Waals surface area contributed by atoms with Gasteiger partial charge in [-0.1, -0.05) is 15.9 Å². The van der Waals surface area contributed by atoms with Gasteiger partial charge >= 0.3 is 10.2 Å². The lowest BCUT2D eigenvalue weighted by Gasteiger charge is -2.30. The zero-order valence-corrected chi connectivity index (χ0v) is 13.1. The molecule has 1 heterocycles. The van der Waals surface area contributed by atoms with Gasteiger partial charge < -0.3 is 5.11 Å². The van der Waals surface area contributed by atoms with Crippen molar-refractivity contribution >= 4 is 31.8 Å². The van der Waals surface area contributed by atoms with Crippen molar-refractivity contribution in [3.8, 4) is 0 Å². The van der Waals surface area contributed by atoms with Gasteiger partial charge in [0.2, 0.25) is 0 Å². The van der Waals surface area contributed by atoms with E-state index in [4.69, 9.17) is 5.11 Å². The molecule has 8 heteroatoms. The summed E-state index contributed by atoms with van der Waals surface area (Å²) < 4.78 is 42.1. The van der Waals surface area contributed by atoms with Gasteiger partial charge in [0.25, 0.3) is 0 Å². The molecule has 1 fully saturated rings. The fourth-order valence-electron chi connectivity index (χ4n) is 2.11. The van der Waals surface area contributed by atoms with Gasteiger partial charge in [0.1, 0.15) is 5.82 Å². The number of nitrogens with one attached hydrogen (secondary N) is 1. The Morgan fingerprint density at radius 3 is 2.65 bits per heavy atom. The standard InChI is InChI=1S/C12H16BrFN2O3S/c13-10-1-2-11(14)12(7-10)15-20(18,19)16-5-3-9(8-17)4-6-16/h1-2,7,9,15,17H,3-6,8H2. The van der Waals surface area contributed by atoms with Crippen LogP contribution in [0.4, 0.5) is 10.1 Å². The first-order valence-corrected chi connectivity index (χ1v) is 8.49. The number of nitrogens with zero attached hydrogens (tertiary/aromatic N) is 1. The molecule has 112 valence electrons. The smallest absolute Gasteiger partial charge is 0.301 e. The van der Waals surface area contributed by atoms with Gasteiger partial charge in [-0.3, -0.25) is 4.72 Å². The number of aliphatic hydroxyl groups excluding tert-OH is 1.